The molecule has 0 saturated heterocycles. The minimum absolute atomic E-state index is 0.116. The van der Waals surface area contributed by atoms with Crippen LogP contribution in [0.15, 0.2) is 81.3 Å². The molecular weight excluding hydrogens is 433 g/mol. The van der Waals surface area contributed by atoms with Gasteiger partial charge in [0.2, 0.25) is 15.0 Å². The molecule has 0 fully saturated rings. The zero-order valence-corrected chi connectivity index (χ0v) is 16.2. The van der Waals surface area contributed by atoms with Crippen molar-refractivity contribution < 1.29 is 12.8 Å². The highest BCUT2D eigenvalue weighted by molar-refractivity contribution is 9.10. The molecule has 5 nitrogen and oxygen atoms in total. The van der Waals surface area contributed by atoms with E-state index in [2.05, 4.69) is 31.2 Å². The van der Waals surface area contributed by atoms with E-state index in [0.29, 0.717) is 26.9 Å². The number of halogens is 2. The molecular formula is C19H13BrFN3O2S. The number of sulfone groups is 1. The SMILES string of the molecule is O=S(=O)(c1ccccc1)c1nc2cc(Nc3ccc(F)cc3)c(Br)cc2[nH]1. The van der Waals surface area contributed by atoms with Crippen LogP contribution in [-0.4, -0.2) is 18.4 Å². The number of rotatable bonds is 4. The number of hydrogen-bond donors (Lipinski definition) is 2. The molecule has 0 saturated carbocycles. The standard InChI is InChI=1S/C19H13BrFN3O2S/c20-15-10-17-18(11-16(15)22-13-8-6-12(21)7-9-13)24-19(23-17)27(25,26)14-4-2-1-3-5-14/h1-11,22H,(H,23,24). The van der Waals surface area contributed by atoms with Crippen molar-refractivity contribution in [2.24, 2.45) is 0 Å². The third-order valence-electron chi connectivity index (χ3n) is 3.98. The maximum atomic E-state index is 13.1. The molecule has 8 heteroatoms. The largest absolute Gasteiger partial charge is 0.355 e. The van der Waals surface area contributed by atoms with Gasteiger partial charge < -0.3 is 10.3 Å². The van der Waals surface area contributed by atoms with Gasteiger partial charge in [0.15, 0.2) is 0 Å². The summed E-state index contributed by atoms with van der Waals surface area (Å²) in [6.07, 6.45) is 0. The van der Waals surface area contributed by atoms with Gasteiger partial charge in [-0.15, -0.1) is 0 Å². The Hall–Kier alpha value is -2.71. The Morgan fingerprint density at radius 2 is 1.70 bits per heavy atom. The number of benzene rings is 3. The molecule has 0 unspecified atom stereocenters. The molecule has 1 aromatic heterocycles. The Balaban J connectivity index is 1.74. The first-order valence-corrected chi connectivity index (χ1v) is 10.2. The summed E-state index contributed by atoms with van der Waals surface area (Å²) in [4.78, 5) is 7.30. The molecule has 2 N–H and O–H groups in total. The van der Waals surface area contributed by atoms with Crippen LogP contribution in [0.4, 0.5) is 15.8 Å². The maximum absolute atomic E-state index is 13.1. The number of hydrogen-bond acceptors (Lipinski definition) is 4. The van der Waals surface area contributed by atoms with Crippen LogP contribution in [0.3, 0.4) is 0 Å². The van der Waals surface area contributed by atoms with Crippen LogP contribution in [-0.2, 0) is 9.84 Å². The van der Waals surface area contributed by atoms with Crippen molar-refractivity contribution in [3.8, 4) is 0 Å². The summed E-state index contributed by atoms with van der Waals surface area (Å²) in [5.74, 6) is -0.321. The molecule has 0 aliphatic rings. The molecule has 0 atom stereocenters. The molecule has 0 amide bonds. The fourth-order valence-electron chi connectivity index (χ4n) is 2.63. The predicted molar refractivity (Wildman–Crippen MR) is 105 cm³/mol. The van der Waals surface area contributed by atoms with E-state index in [1.807, 2.05) is 0 Å². The van der Waals surface area contributed by atoms with Crippen molar-refractivity contribution in [3.05, 3.63) is 77.0 Å². The van der Waals surface area contributed by atoms with Gasteiger partial charge in [-0.3, -0.25) is 0 Å². The molecule has 1 heterocycles. The van der Waals surface area contributed by atoms with E-state index in [1.54, 1.807) is 42.5 Å². The van der Waals surface area contributed by atoms with E-state index >= 15 is 0 Å². The van der Waals surface area contributed by atoms with Crippen molar-refractivity contribution >= 4 is 48.2 Å². The minimum atomic E-state index is -3.73. The van der Waals surface area contributed by atoms with Crippen molar-refractivity contribution in [2.45, 2.75) is 10.1 Å². The first-order chi connectivity index (χ1) is 12.9. The molecule has 0 aliphatic carbocycles. The van der Waals surface area contributed by atoms with E-state index < -0.39 is 9.84 Å². The number of imidazole rings is 1. The van der Waals surface area contributed by atoms with Crippen molar-refractivity contribution in [1.82, 2.24) is 9.97 Å². The molecule has 3 aromatic carbocycles. The summed E-state index contributed by atoms with van der Waals surface area (Å²) in [5.41, 5.74) is 2.46. The molecule has 0 radical (unpaired) electrons. The molecule has 27 heavy (non-hydrogen) atoms. The molecule has 0 bridgehead atoms. The van der Waals surface area contributed by atoms with E-state index in [9.17, 15) is 12.8 Å². The van der Waals surface area contributed by atoms with Crippen LogP contribution in [0.2, 0.25) is 0 Å². The number of nitrogens with zero attached hydrogens (tertiary/aromatic N) is 1. The topological polar surface area (TPSA) is 74.8 Å². The van der Waals surface area contributed by atoms with Crippen LogP contribution >= 0.6 is 15.9 Å². The molecule has 4 aromatic rings. The van der Waals surface area contributed by atoms with Gasteiger partial charge in [0, 0.05) is 10.2 Å². The third kappa shape index (κ3) is 3.45. The highest BCUT2D eigenvalue weighted by atomic mass is 79.9. The van der Waals surface area contributed by atoms with Crippen LogP contribution < -0.4 is 5.32 Å². The summed E-state index contributed by atoms with van der Waals surface area (Å²) in [7, 11) is -3.73. The first kappa shape index (κ1) is 17.7. The van der Waals surface area contributed by atoms with Gasteiger partial charge in [-0.2, -0.15) is 0 Å². The minimum Gasteiger partial charge on any atom is -0.355 e. The third-order valence-corrected chi connectivity index (χ3v) is 6.23. The second-order valence-electron chi connectivity index (χ2n) is 5.84. The van der Waals surface area contributed by atoms with Gasteiger partial charge in [0.1, 0.15) is 5.82 Å². The fraction of sp³-hybridized carbons (Fsp3) is 0. The number of anilines is 2. The van der Waals surface area contributed by atoms with Gasteiger partial charge in [-0.05, 0) is 64.5 Å². The Kier molecular flexibility index (Phi) is 4.45. The number of H-pyrrole nitrogens is 1. The normalized spacial score (nSPS) is 11.6. The van der Waals surface area contributed by atoms with Crippen molar-refractivity contribution in [1.29, 1.82) is 0 Å². The predicted octanol–water partition coefficient (Wildman–Crippen LogP) is 5.04. The van der Waals surface area contributed by atoms with Crippen LogP contribution in [0.1, 0.15) is 0 Å². The van der Waals surface area contributed by atoms with Gasteiger partial charge in [0.05, 0.1) is 21.6 Å². The van der Waals surface area contributed by atoms with Crippen LogP contribution in [0.25, 0.3) is 11.0 Å². The van der Waals surface area contributed by atoms with E-state index in [4.69, 9.17) is 0 Å². The van der Waals surface area contributed by atoms with Crippen molar-refractivity contribution in [2.75, 3.05) is 5.32 Å². The second kappa shape index (κ2) is 6.79. The van der Waals surface area contributed by atoms with E-state index in [1.165, 1.54) is 24.3 Å². The smallest absolute Gasteiger partial charge is 0.239 e. The van der Waals surface area contributed by atoms with Crippen LogP contribution in [0, 0.1) is 5.82 Å². The Morgan fingerprint density at radius 3 is 2.41 bits per heavy atom. The lowest BCUT2D eigenvalue weighted by Crippen LogP contribution is -2.03. The van der Waals surface area contributed by atoms with Crippen molar-refractivity contribution in [3.63, 3.8) is 0 Å². The quantitative estimate of drug-likeness (QED) is 0.461. The lowest BCUT2D eigenvalue weighted by atomic mass is 10.2. The fourth-order valence-corrected chi connectivity index (χ4v) is 4.27. The Labute approximate surface area is 163 Å². The van der Waals surface area contributed by atoms with E-state index in [0.717, 1.165) is 0 Å². The maximum Gasteiger partial charge on any atom is 0.239 e. The lowest BCUT2D eigenvalue weighted by Gasteiger charge is -2.08. The van der Waals surface area contributed by atoms with Gasteiger partial charge in [-0.25, -0.2) is 17.8 Å². The van der Waals surface area contributed by atoms with Crippen LogP contribution in [0.5, 0.6) is 0 Å². The number of aromatic nitrogens is 2. The molecule has 136 valence electrons. The average molecular weight is 446 g/mol. The Bertz CT molecular complexity index is 1220. The zero-order chi connectivity index (χ0) is 19.0. The van der Waals surface area contributed by atoms with E-state index in [-0.39, 0.29) is 15.9 Å². The summed E-state index contributed by atoms with van der Waals surface area (Å²) in [6.45, 7) is 0. The monoisotopic (exact) mass is 445 g/mol. The van der Waals surface area contributed by atoms with Gasteiger partial charge >= 0.3 is 0 Å². The summed E-state index contributed by atoms with van der Waals surface area (Å²) >= 11 is 3.46. The molecule has 0 aliphatic heterocycles. The lowest BCUT2D eigenvalue weighted by molar-refractivity contribution is 0.589. The molecule has 0 spiro atoms. The summed E-state index contributed by atoms with van der Waals surface area (Å²) in [6, 6.07) is 17.5. The summed E-state index contributed by atoms with van der Waals surface area (Å²) < 4.78 is 39.3. The zero-order valence-electron chi connectivity index (χ0n) is 13.8. The highest BCUT2D eigenvalue weighted by Crippen LogP contribution is 2.31. The number of aromatic amines is 1. The second-order valence-corrected chi connectivity index (χ2v) is 8.56. The first-order valence-electron chi connectivity index (χ1n) is 7.95. The van der Waals surface area contributed by atoms with Gasteiger partial charge in [-0.1, -0.05) is 18.2 Å². The Morgan fingerprint density at radius 1 is 1.00 bits per heavy atom. The number of nitrogens with one attached hydrogen (secondary N) is 2. The number of fused-ring (bicyclic) bond motifs is 1. The van der Waals surface area contributed by atoms with Gasteiger partial charge in [0.25, 0.3) is 0 Å². The summed E-state index contributed by atoms with van der Waals surface area (Å²) in [5, 5.41) is 3.04. The molecule has 4 rings (SSSR count). The average Bonchev–Trinajstić information content (AvgIpc) is 3.08. The highest BCUT2D eigenvalue weighted by Gasteiger charge is 2.22.